The molecule has 0 bridgehead atoms. The first kappa shape index (κ1) is 21.3. The third kappa shape index (κ3) is 5.24. The number of aryl methyl sites for hydroxylation is 1. The molecular formula is C21H24Cl2N2O2. The molecule has 27 heavy (non-hydrogen) atoms. The van der Waals surface area contributed by atoms with Crippen LogP contribution in [-0.4, -0.2) is 29.8 Å². The van der Waals surface area contributed by atoms with Crippen LogP contribution < -0.4 is 5.32 Å². The normalized spacial score (nSPS) is 11.7. The molecule has 2 aromatic carbocycles. The second-order valence-corrected chi connectivity index (χ2v) is 7.18. The van der Waals surface area contributed by atoms with Crippen molar-refractivity contribution < 1.29 is 9.59 Å². The second kappa shape index (κ2) is 9.77. The number of halogens is 2. The van der Waals surface area contributed by atoms with Gasteiger partial charge in [0.15, 0.2) is 0 Å². The molecule has 4 nitrogen and oxygen atoms in total. The lowest BCUT2D eigenvalue weighted by atomic mass is 10.0. The molecule has 0 unspecified atom stereocenters. The summed E-state index contributed by atoms with van der Waals surface area (Å²) in [6.07, 6.45) is 0.547. The van der Waals surface area contributed by atoms with Crippen LogP contribution in [0, 0.1) is 6.92 Å². The number of benzene rings is 2. The Balaban J connectivity index is 2.37. The van der Waals surface area contributed by atoms with Crippen molar-refractivity contribution in [3.05, 3.63) is 69.2 Å². The fourth-order valence-electron chi connectivity index (χ4n) is 3.01. The Morgan fingerprint density at radius 2 is 1.70 bits per heavy atom. The highest BCUT2D eigenvalue weighted by Gasteiger charge is 2.29. The van der Waals surface area contributed by atoms with Crippen LogP contribution in [0.3, 0.4) is 0 Å². The SMILES string of the molecule is CC[C@@H](C(=O)NC)N(Cc1ccccc1C)C(=O)Cc1c(Cl)cccc1Cl. The zero-order valence-electron chi connectivity index (χ0n) is 15.8. The summed E-state index contributed by atoms with van der Waals surface area (Å²) in [7, 11) is 1.58. The molecule has 2 amide bonds. The van der Waals surface area contributed by atoms with E-state index >= 15 is 0 Å². The third-order valence-corrected chi connectivity index (χ3v) is 5.33. The predicted molar refractivity (Wildman–Crippen MR) is 110 cm³/mol. The van der Waals surface area contributed by atoms with E-state index in [9.17, 15) is 9.59 Å². The monoisotopic (exact) mass is 406 g/mol. The van der Waals surface area contributed by atoms with Gasteiger partial charge in [0.2, 0.25) is 11.8 Å². The zero-order valence-corrected chi connectivity index (χ0v) is 17.3. The van der Waals surface area contributed by atoms with Crippen molar-refractivity contribution in [1.82, 2.24) is 10.2 Å². The summed E-state index contributed by atoms with van der Waals surface area (Å²) in [6, 6.07) is 12.4. The van der Waals surface area contributed by atoms with Gasteiger partial charge in [-0.2, -0.15) is 0 Å². The summed E-state index contributed by atoms with van der Waals surface area (Å²) in [5.41, 5.74) is 2.64. The van der Waals surface area contributed by atoms with E-state index in [-0.39, 0.29) is 18.2 Å². The van der Waals surface area contributed by atoms with Crippen LogP contribution in [0.2, 0.25) is 10.0 Å². The average Bonchev–Trinajstić information content (AvgIpc) is 2.65. The van der Waals surface area contributed by atoms with Crippen molar-refractivity contribution in [2.24, 2.45) is 0 Å². The van der Waals surface area contributed by atoms with E-state index in [2.05, 4.69) is 5.32 Å². The number of hydrogen-bond donors (Lipinski definition) is 1. The topological polar surface area (TPSA) is 49.4 Å². The Labute approximate surface area is 170 Å². The summed E-state index contributed by atoms with van der Waals surface area (Å²) in [5.74, 6) is -0.381. The maximum atomic E-state index is 13.2. The Morgan fingerprint density at radius 1 is 1.07 bits per heavy atom. The van der Waals surface area contributed by atoms with Gasteiger partial charge in [-0.05, 0) is 42.2 Å². The number of hydrogen-bond acceptors (Lipinski definition) is 2. The van der Waals surface area contributed by atoms with Gasteiger partial charge >= 0.3 is 0 Å². The summed E-state index contributed by atoms with van der Waals surface area (Å²) < 4.78 is 0. The van der Waals surface area contributed by atoms with Gasteiger partial charge in [0.1, 0.15) is 6.04 Å². The summed E-state index contributed by atoms with van der Waals surface area (Å²) in [5, 5.41) is 3.54. The van der Waals surface area contributed by atoms with Gasteiger partial charge in [0.05, 0.1) is 6.42 Å². The van der Waals surface area contributed by atoms with Gasteiger partial charge in [-0.25, -0.2) is 0 Å². The molecule has 2 rings (SSSR count). The van der Waals surface area contributed by atoms with Crippen LogP contribution >= 0.6 is 23.2 Å². The van der Waals surface area contributed by atoms with Crippen LogP contribution in [0.15, 0.2) is 42.5 Å². The molecule has 0 saturated heterocycles. The van der Waals surface area contributed by atoms with Crippen LogP contribution in [0.1, 0.15) is 30.0 Å². The number of likely N-dealkylation sites (N-methyl/N-ethyl adjacent to an activating group) is 1. The van der Waals surface area contributed by atoms with Crippen molar-refractivity contribution in [3.63, 3.8) is 0 Å². The lowest BCUT2D eigenvalue weighted by Crippen LogP contribution is -2.48. The van der Waals surface area contributed by atoms with Gasteiger partial charge in [-0.1, -0.05) is 60.5 Å². The van der Waals surface area contributed by atoms with Crippen molar-refractivity contribution in [2.75, 3.05) is 7.05 Å². The van der Waals surface area contributed by atoms with E-state index in [0.29, 0.717) is 28.6 Å². The van der Waals surface area contributed by atoms with Crippen LogP contribution in [0.25, 0.3) is 0 Å². The number of carbonyl (C=O) groups excluding carboxylic acids is 2. The number of rotatable bonds is 7. The van der Waals surface area contributed by atoms with Crippen molar-refractivity contribution >= 4 is 35.0 Å². The standard InChI is InChI=1S/C21H24Cl2N2O2/c1-4-19(21(27)24-3)25(13-15-9-6-5-8-14(15)2)20(26)12-16-17(22)10-7-11-18(16)23/h5-11,19H,4,12-13H2,1-3H3,(H,24,27)/t19-/m0/s1. The molecule has 1 atom stereocenters. The van der Waals surface area contributed by atoms with E-state index in [1.54, 1.807) is 30.1 Å². The number of amides is 2. The van der Waals surface area contributed by atoms with Crippen molar-refractivity contribution in [1.29, 1.82) is 0 Å². The first-order chi connectivity index (χ1) is 12.9. The molecule has 0 saturated carbocycles. The van der Waals surface area contributed by atoms with E-state index in [4.69, 9.17) is 23.2 Å². The number of nitrogens with zero attached hydrogens (tertiary/aromatic N) is 1. The van der Waals surface area contributed by atoms with Gasteiger partial charge in [-0.15, -0.1) is 0 Å². The lowest BCUT2D eigenvalue weighted by Gasteiger charge is -2.31. The van der Waals surface area contributed by atoms with Gasteiger partial charge in [0.25, 0.3) is 0 Å². The minimum atomic E-state index is -0.566. The zero-order chi connectivity index (χ0) is 20.0. The quantitative estimate of drug-likeness (QED) is 0.740. The summed E-state index contributed by atoms with van der Waals surface area (Å²) >= 11 is 12.5. The minimum absolute atomic E-state index is 0.0396. The van der Waals surface area contributed by atoms with Gasteiger partial charge in [-0.3, -0.25) is 9.59 Å². The van der Waals surface area contributed by atoms with Gasteiger partial charge < -0.3 is 10.2 Å². The van der Waals surface area contributed by atoms with E-state index in [0.717, 1.165) is 11.1 Å². The van der Waals surface area contributed by atoms with E-state index in [1.165, 1.54) is 0 Å². The molecule has 0 spiro atoms. The van der Waals surface area contributed by atoms with E-state index in [1.807, 2.05) is 38.1 Å². The van der Waals surface area contributed by atoms with Crippen LogP contribution in [-0.2, 0) is 22.6 Å². The van der Waals surface area contributed by atoms with E-state index < -0.39 is 6.04 Å². The van der Waals surface area contributed by atoms with Crippen molar-refractivity contribution in [2.45, 2.75) is 39.3 Å². The lowest BCUT2D eigenvalue weighted by molar-refractivity contribution is -0.140. The Hall–Kier alpha value is -2.04. The molecule has 0 aromatic heterocycles. The maximum absolute atomic E-state index is 13.2. The number of carbonyl (C=O) groups is 2. The largest absolute Gasteiger partial charge is 0.357 e. The minimum Gasteiger partial charge on any atom is -0.357 e. The van der Waals surface area contributed by atoms with Crippen LogP contribution in [0.5, 0.6) is 0 Å². The average molecular weight is 407 g/mol. The molecule has 0 aliphatic carbocycles. The van der Waals surface area contributed by atoms with Crippen molar-refractivity contribution in [3.8, 4) is 0 Å². The third-order valence-electron chi connectivity index (χ3n) is 4.62. The Morgan fingerprint density at radius 3 is 2.26 bits per heavy atom. The highest BCUT2D eigenvalue weighted by atomic mass is 35.5. The molecule has 0 aliphatic heterocycles. The first-order valence-corrected chi connectivity index (χ1v) is 9.63. The molecule has 6 heteroatoms. The summed E-state index contributed by atoms with van der Waals surface area (Å²) in [4.78, 5) is 27.2. The smallest absolute Gasteiger partial charge is 0.242 e. The first-order valence-electron chi connectivity index (χ1n) is 8.87. The molecule has 0 fully saturated rings. The molecule has 1 N–H and O–H groups in total. The fraction of sp³-hybridized carbons (Fsp3) is 0.333. The molecule has 144 valence electrons. The molecule has 2 aromatic rings. The molecule has 0 heterocycles. The Bertz CT molecular complexity index is 803. The van der Waals surface area contributed by atoms with Gasteiger partial charge in [0, 0.05) is 23.6 Å². The fourth-order valence-corrected chi connectivity index (χ4v) is 3.54. The molecular weight excluding hydrogens is 383 g/mol. The highest BCUT2D eigenvalue weighted by molar-refractivity contribution is 6.36. The predicted octanol–water partition coefficient (Wildman–Crippen LogP) is 4.40. The number of nitrogens with one attached hydrogen (secondary N) is 1. The molecule has 0 radical (unpaired) electrons. The molecule has 0 aliphatic rings. The summed E-state index contributed by atoms with van der Waals surface area (Å²) in [6.45, 7) is 4.23. The second-order valence-electron chi connectivity index (χ2n) is 6.36. The highest BCUT2D eigenvalue weighted by Crippen LogP contribution is 2.26. The maximum Gasteiger partial charge on any atom is 0.242 e. The Kier molecular flexibility index (Phi) is 7.69. The van der Waals surface area contributed by atoms with Crippen LogP contribution in [0.4, 0.5) is 0 Å².